The molecular weight excluding hydrogens is 230 g/mol. The molecule has 7 heteroatoms. The SMILES string of the molecule is COCOc1cc(C(=O)OC)ccc1[N+](=O)[O-]. The minimum atomic E-state index is -0.605. The molecule has 0 amide bonds. The van der Waals surface area contributed by atoms with Crippen LogP contribution in [0.25, 0.3) is 0 Å². The van der Waals surface area contributed by atoms with Crippen molar-refractivity contribution in [3.05, 3.63) is 33.9 Å². The highest BCUT2D eigenvalue weighted by atomic mass is 16.7. The van der Waals surface area contributed by atoms with Gasteiger partial charge in [-0.25, -0.2) is 4.79 Å². The number of benzene rings is 1. The van der Waals surface area contributed by atoms with Crippen molar-refractivity contribution >= 4 is 11.7 Å². The Morgan fingerprint density at radius 2 is 2.12 bits per heavy atom. The van der Waals surface area contributed by atoms with Crippen LogP contribution in [0.5, 0.6) is 5.75 Å². The molecule has 0 saturated heterocycles. The third kappa shape index (κ3) is 3.15. The van der Waals surface area contributed by atoms with E-state index < -0.39 is 10.9 Å². The highest BCUT2D eigenvalue weighted by molar-refractivity contribution is 5.90. The number of carbonyl (C=O) groups excluding carboxylic acids is 1. The average Bonchev–Trinajstić information content (AvgIpc) is 2.34. The average molecular weight is 241 g/mol. The number of hydrogen-bond acceptors (Lipinski definition) is 6. The number of methoxy groups -OCH3 is 2. The zero-order valence-corrected chi connectivity index (χ0v) is 9.34. The molecule has 0 radical (unpaired) electrons. The largest absolute Gasteiger partial charge is 0.465 e. The summed E-state index contributed by atoms with van der Waals surface area (Å²) >= 11 is 0. The predicted molar refractivity (Wildman–Crippen MR) is 56.9 cm³/mol. The van der Waals surface area contributed by atoms with Crippen LogP contribution in [0.2, 0.25) is 0 Å². The van der Waals surface area contributed by atoms with Crippen molar-refractivity contribution in [2.75, 3.05) is 21.0 Å². The van der Waals surface area contributed by atoms with Gasteiger partial charge in [-0.1, -0.05) is 0 Å². The van der Waals surface area contributed by atoms with Gasteiger partial charge in [-0.2, -0.15) is 0 Å². The van der Waals surface area contributed by atoms with E-state index in [0.29, 0.717) is 0 Å². The van der Waals surface area contributed by atoms with Crippen molar-refractivity contribution in [1.82, 2.24) is 0 Å². The fraction of sp³-hybridized carbons (Fsp3) is 0.300. The lowest BCUT2D eigenvalue weighted by atomic mass is 10.2. The number of carbonyl (C=O) groups is 1. The third-order valence-corrected chi connectivity index (χ3v) is 1.91. The van der Waals surface area contributed by atoms with Gasteiger partial charge in [0.1, 0.15) is 0 Å². The first-order valence-electron chi connectivity index (χ1n) is 4.58. The molecule has 1 aromatic rings. The molecule has 0 aliphatic heterocycles. The first kappa shape index (κ1) is 12.9. The fourth-order valence-electron chi connectivity index (χ4n) is 1.15. The van der Waals surface area contributed by atoms with Crippen LogP contribution in [-0.2, 0) is 9.47 Å². The topological polar surface area (TPSA) is 87.9 Å². The molecule has 92 valence electrons. The number of esters is 1. The minimum absolute atomic E-state index is 0.0419. The summed E-state index contributed by atoms with van der Waals surface area (Å²) in [7, 11) is 2.61. The van der Waals surface area contributed by atoms with Crippen molar-refractivity contribution in [2.45, 2.75) is 0 Å². The maximum atomic E-state index is 11.2. The molecule has 0 atom stereocenters. The molecule has 0 aliphatic rings. The van der Waals surface area contributed by atoms with Crippen LogP contribution in [0.1, 0.15) is 10.4 Å². The highest BCUT2D eigenvalue weighted by Crippen LogP contribution is 2.28. The van der Waals surface area contributed by atoms with E-state index in [4.69, 9.17) is 4.74 Å². The number of nitrogens with zero attached hydrogens (tertiary/aromatic N) is 1. The summed E-state index contributed by atoms with van der Waals surface area (Å²) in [4.78, 5) is 21.3. The summed E-state index contributed by atoms with van der Waals surface area (Å²) in [6.45, 7) is -0.147. The summed E-state index contributed by atoms with van der Waals surface area (Å²) in [6, 6.07) is 3.71. The normalized spacial score (nSPS) is 9.76. The van der Waals surface area contributed by atoms with Gasteiger partial charge in [0.2, 0.25) is 5.75 Å². The van der Waals surface area contributed by atoms with E-state index in [1.807, 2.05) is 0 Å². The van der Waals surface area contributed by atoms with Gasteiger partial charge in [0.05, 0.1) is 17.6 Å². The standard InChI is InChI=1S/C10H11NO6/c1-15-6-17-9-5-7(10(12)16-2)3-4-8(9)11(13)14/h3-5H,6H2,1-2H3. The second-order valence-corrected chi connectivity index (χ2v) is 2.98. The smallest absolute Gasteiger partial charge is 0.337 e. The molecule has 0 aliphatic carbocycles. The predicted octanol–water partition coefficient (Wildman–Crippen LogP) is 1.36. The lowest BCUT2D eigenvalue weighted by Crippen LogP contribution is -2.05. The molecule has 1 rings (SSSR count). The van der Waals surface area contributed by atoms with Crippen LogP contribution in [0.15, 0.2) is 18.2 Å². The van der Waals surface area contributed by atoms with Gasteiger partial charge in [0, 0.05) is 19.2 Å². The molecule has 0 bridgehead atoms. The van der Waals surface area contributed by atoms with E-state index in [1.54, 1.807) is 0 Å². The van der Waals surface area contributed by atoms with Crippen molar-refractivity contribution in [3.63, 3.8) is 0 Å². The van der Waals surface area contributed by atoms with Gasteiger partial charge in [0.25, 0.3) is 0 Å². The summed E-state index contributed by atoms with van der Waals surface area (Å²) in [5.41, 5.74) is -0.0705. The molecule has 0 fully saturated rings. The Bertz CT molecular complexity index is 431. The summed E-state index contributed by atoms with van der Waals surface area (Å²) < 4.78 is 14.2. The van der Waals surface area contributed by atoms with Gasteiger partial charge >= 0.3 is 11.7 Å². The molecule has 0 N–H and O–H groups in total. The van der Waals surface area contributed by atoms with Crippen LogP contribution >= 0.6 is 0 Å². The lowest BCUT2D eigenvalue weighted by molar-refractivity contribution is -0.386. The molecule has 0 aromatic heterocycles. The van der Waals surface area contributed by atoms with E-state index in [2.05, 4.69) is 9.47 Å². The lowest BCUT2D eigenvalue weighted by Gasteiger charge is -2.06. The number of rotatable bonds is 5. The maximum absolute atomic E-state index is 11.2. The zero-order valence-electron chi connectivity index (χ0n) is 9.34. The quantitative estimate of drug-likeness (QED) is 0.335. The molecule has 0 saturated carbocycles. The summed E-state index contributed by atoms with van der Waals surface area (Å²) in [5, 5.41) is 10.7. The monoisotopic (exact) mass is 241 g/mol. The van der Waals surface area contributed by atoms with Crippen molar-refractivity contribution in [2.24, 2.45) is 0 Å². The number of nitro groups is 1. The number of nitro benzene ring substituents is 1. The third-order valence-electron chi connectivity index (χ3n) is 1.91. The van der Waals surface area contributed by atoms with Crippen molar-refractivity contribution in [3.8, 4) is 5.75 Å². The molecule has 0 spiro atoms. The highest BCUT2D eigenvalue weighted by Gasteiger charge is 2.18. The van der Waals surface area contributed by atoms with Crippen LogP contribution in [-0.4, -0.2) is 31.9 Å². The Labute approximate surface area is 97.0 Å². The minimum Gasteiger partial charge on any atom is -0.465 e. The van der Waals surface area contributed by atoms with Crippen LogP contribution in [0.3, 0.4) is 0 Å². The van der Waals surface area contributed by atoms with E-state index >= 15 is 0 Å². The van der Waals surface area contributed by atoms with Gasteiger partial charge in [-0.3, -0.25) is 10.1 Å². The van der Waals surface area contributed by atoms with E-state index in [1.165, 1.54) is 32.4 Å². The first-order valence-corrected chi connectivity index (χ1v) is 4.58. The van der Waals surface area contributed by atoms with Crippen LogP contribution < -0.4 is 4.74 Å². The molecule has 0 heterocycles. The van der Waals surface area contributed by atoms with E-state index in [9.17, 15) is 14.9 Å². The maximum Gasteiger partial charge on any atom is 0.337 e. The Morgan fingerprint density at radius 1 is 1.41 bits per heavy atom. The van der Waals surface area contributed by atoms with Gasteiger partial charge < -0.3 is 14.2 Å². The molecule has 17 heavy (non-hydrogen) atoms. The van der Waals surface area contributed by atoms with Gasteiger partial charge in [0.15, 0.2) is 6.79 Å². The Balaban J connectivity index is 3.09. The Hall–Kier alpha value is -2.15. The Kier molecular flexibility index (Phi) is 4.41. The molecule has 0 unspecified atom stereocenters. The number of ether oxygens (including phenoxy) is 3. The summed E-state index contributed by atoms with van der Waals surface area (Å²) in [5.74, 6) is -0.637. The fourth-order valence-corrected chi connectivity index (χ4v) is 1.15. The number of hydrogen-bond donors (Lipinski definition) is 0. The molecular formula is C10H11NO6. The first-order chi connectivity index (χ1) is 8.10. The van der Waals surface area contributed by atoms with Crippen LogP contribution in [0.4, 0.5) is 5.69 Å². The van der Waals surface area contributed by atoms with Crippen molar-refractivity contribution < 1.29 is 23.9 Å². The van der Waals surface area contributed by atoms with Crippen LogP contribution in [0, 0.1) is 10.1 Å². The zero-order chi connectivity index (χ0) is 12.8. The van der Waals surface area contributed by atoms with E-state index in [-0.39, 0.29) is 23.8 Å². The van der Waals surface area contributed by atoms with Gasteiger partial charge in [-0.15, -0.1) is 0 Å². The second kappa shape index (κ2) is 5.80. The summed E-state index contributed by atoms with van der Waals surface area (Å²) in [6.07, 6.45) is 0. The Morgan fingerprint density at radius 3 is 2.65 bits per heavy atom. The molecule has 7 nitrogen and oxygen atoms in total. The van der Waals surface area contributed by atoms with Gasteiger partial charge in [-0.05, 0) is 6.07 Å². The molecule has 1 aromatic carbocycles. The van der Waals surface area contributed by atoms with Crippen molar-refractivity contribution in [1.29, 1.82) is 0 Å². The second-order valence-electron chi connectivity index (χ2n) is 2.98. The van der Waals surface area contributed by atoms with E-state index in [0.717, 1.165) is 0 Å².